The Bertz CT molecular complexity index is 1070. The van der Waals surface area contributed by atoms with Crippen LogP contribution in [0.5, 0.6) is 11.5 Å². The van der Waals surface area contributed by atoms with Crippen LogP contribution < -0.4 is 10.1 Å². The van der Waals surface area contributed by atoms with Gasteiger partial charge in [-0.25, -0.2) is 4.98 Å². The van der Waals surface area contributed by atoms with Crippen LogP contribution in [0.1, 0.15) is 0 Å². The van der Waals surface area contributed by atoms with Crippen molar-refractivity contribution in [2.24, 2.45) is 0 Å². The van der Waals surface area contributed by atoms with Crippen LogP contribution in [0.15, 0.2) is 72.8 Å². The molecule has 5 nitrogen and oxygen atoms in total. The van der Waals surface area contributed by atoms with Crippen molar-refractivity contribution in [3.63, 3.8) is 0 Å². The molecule has 6 heteroatoms. The third-order valence-electron chi connectivity index (χ3n) is 3.91. The Hall–Kier alpha value is -3.38. The largest absolute Gasteiger partial charge is 0.504 e. The summed E-state index contributed by atoms with van der Waals surface area (Å²) in [4.78, 5) is 16.8. The van der Waals surface area contributed by atoms with Gasteiger partial charge in [-0.3, -0.25) is 4.79 Å². The molecule has 0 fully saturated rings. The molecule has 0 aliphatic carbocycles. The van der Waals surface area contributed by atoms with E-state index >= 15 is 0 Å². The molecule has 0 aliphatic heterocycles. The summed E-state index contributed by atoms with van der Waals surface area (Å²) in [6.45, 7) is -0.192. The molecule has 4 rings (SSSR count). The molecule has 0 radical (unpaired) electrons. The van der Waals surface area contributed by atoms with Crippen LogP contribution in [0.2, 0.25) is 0 Å². The van der Waals surface area contributed by atoms with E-state index in [2.05, 4.69) is 10.3 Å². The van der Waals surface area contributed by atoms with Gasteiger partial charge in [-0.2, -0.15) is 0 Å². The smallest absolute Gasteiger partial charge is 0.262 e. The number of nitrogens with zero attached hydrogens (tertiary/aromatic N) is 1. The minimum absolute atomic E-state index is 0.00290. The van der Waals surface area contributed by atoms with Gasteiger partial charge in [-0.1, -0.05) is 36.4 Å². The van der Waals surface area contributed by atoms with Crippen molar-refractivity contribution >= 4 is 33.1 Å². The summed E-state index contributed by atoms with van der Waals surface area (Å²) in [6, 6.07) is 22.1. The van der Waals surface area contributed by atoms with E-state index in [0.29, 0.717) is 5.69 Å². The summed E-state index contributed by atoms with van der Waals surface area (Å²) >= 11 is 1.61. The van der Waals surface area contributed by atoms with Crippen molar-refractivity contribution in [1.29, 1.82) is 0 Å². The van der Waals surface area contributed by atoms with E-state index < -0.39 is 0 Å². The molecule has 1 heterocycles. The average Bonchev–Trinajstić information content (AvgIpc) is 3.12. The summed E-state index contributed by atoms with van der Waals surface area (Å²) in [5.41, 5.74) is 2.57. The molecule has 0 aliphatic rings. The van der Waals surface area contributed by atoms with Gasteiger partial charge < -0.3 is 15.2 Å². The van der Waals surface area contributed by atoms with E-state index in [-0.39, 0.29) is 24.0 Å². The van der Waals surface area contributed by atoms with Crippen LogP contribution in [0, 0.1) is 0 Å². The third kappa shape index (κ3) is 3.91. The minimum Gasteiger partial charge on any atom is -0.504 e. The highest BCUT2D eigenvalue weighted by Gasteiger charge is 2.09. The number of benzene rings is 3. The van der Waals surface area contributed by atoms with Gasteiger partial charge in [-0.15, -0.1) is 11.3 Å². The quantitative estimate of drug-likeness (QED) is 0.530. The van der Waals surface area contributed by atoms with Crippen molar-refractivity contribution < 1.29 is 14.6 Å². The normalized spacial score (nSPS) is 10.7. The van der Waals surface area contributed by atoms with E-state index in [0.717, 1.165) is 20.8 Å². The number of hydrogen-bond acceptors (Lipinski definition) is 5. The maximum absolute atomic E-state index is 12.2. The molecule has 0 unspecified atom stereocenters. The molecular weight excluding hydrogens is 360 g/mol. The summed E-state index contributed by atoms with van der Waals surface area (Å²) in [7, 11) is 0. The maximum atomic E-state index is 12.2. The average molecular weight is 376 g/mol. The zero-order valence-electron chi connectivity index (χ0n) is 14.3. The number of fused-ring (bicyclic) bond motifs is 1. The van der Waals surface area contributed by atoms with Crippen molar-refractivity contribution in [2.45, 2.75) is 0 Å². The molecule has 3 aromatic carbocycles. The fourth-order valence-electron chi connectivity index (χ4n) is 2.65. The fraction of sp³-hybridized carbons (Fsp3) is 0.0476. The van der Waals surface area contributed by atoms with Gasteiger partial charge in [0.15, 0.2) is 18.1 Å². The Balaban J connectivity index is 1.46. The Morgan fingerprint density at radius 2 is 1.85 bits per heavy atom. The van der Waals surface area contributed by atoms with E-state index in [1.807, 2.05) is 48.5 Å². The maximum Gasteiger partial charge on any atom is 0.262 e. The zero-order valence-corrected chi connectivity index (χ0v) is 15.1. The number of carbonyl (C=O) groups excluding carboxylic acids is 1. The number of phenols is 1. The van der Waals surface area contributed by atoms with Gasteiger partial charge in [0.1, 0.15) is 5.01 Å². The van der Waals surface area contributed by atoms with Gasteiger partial charge in [0, 0.05) is 11.3 Å². The Morgan fingerprint density at radius 3 is 2.70 bits per heavy atom. The van der Waals surface area contributed by atoms with Crippen molar-refractivity contribution in [2.75, 3.05) is 11.9 Å². The Labute approximate surface area is 159 Å². The second-order valence-electron chi connectivity index (χ2n) is 5.87. The molecule has 0 saturated heterocycles. The lowest BCUT2D eigenvalue weighted by Gasteiger charge is -2.09. The number of amides is 1. The van der Waals surface area contributed by atoms with Crippen molar-refractivity contribution in [3.8, 4) is 22.1 Å². The van der Waals surface area contributed by atoms with E-state index in [9.17, 15) is 9.90 Å². The number of hydrogen-bond donors (Lipinski definition) is 2. The van der Waals surface area contributed by atoms with E-state index in [1.54, 1.807) is 29.5 Å². The molecule has 134 valence electrons. The molecule has 4 aromatic rings. The molecule has 0 saturated carbocycles. The first-order chi connectivity index (χ1) is 13.2. The fourth-order valence-corrected chi connectivity index (χ4v) is 3.61. The van der Waals surface area contributed by atoms with Gasteiger partial charge in [0.25, 0.3) is 5.91 Å². The van der Waals surface area contributed by atoms with Gasteiger partial charge in [0.2, 0.25) is 0 Å². The molecular formula is C21H16N2O3S. The van der Waals surface area contributed by atoms with E-state index in [4.69, 9.17) is 4.74 Å². The summed E-state index contributed by atoms with van der Waals surface area (Å²) in [6.07, 6.45) is 0. The lowest BCUT2D eigenvalue weighted by atomic mass is 10.2. The molecule has 1 aromatic heterocycles. The van der Waals surface area contributed by atoms with Crippen LogP contribution in [-0.2, 0) is 4.79 Å². The molecule has 0 spiro atoms. The molecule has 1 amide bonds. The number of aromatic nitrogens is 1. The Morgan fingerprint density at radius 1 is 1.04 bits per heavy atom. The van der Waals surface area contributed by atoms with Crippen LogP contribution in [0.3, 0.4) is 0 Å². The first kappa shape index (κ1) is 17.1. The number of thiazole rings is 1. The monoisotopic (exact) mass is 376 g/mol. The van der Waals surface area contributed by atoms with Crippen molar-refractivity contribution in [1.82, 2.24) is 4.98 Å². The predicted octanol–water partition coefficient (Wildman–Crippen LogP) is 4.69. The highest BCUT2D eigenvalue weighted by Crippen LogP contribution is 2.31. The lowest BCUT2D eigenvalue weighted by Crippen LogP contribution is -2.20. The molecule has 0 bridgehead atoms. The van der Waals surface area contributed by atoms with Gasteiger partial charge in [-0.05, 0) is 36.4 Å². The number of aromatic hydroxyl groups is 1. The lowest BCUT2D eigenvalue weighted by molar-refractivity contribution is -0.118. The highest BCUT2D eigenvalue weighted by atomic mass is 32.1. The number of anilines is 1. The highest BCUT2D eigenvalue weighted by molar-refractivity contribution is 7.21. The summed E-state index contributed by atoms with van der Waals surface area (Å²) < 4.78 is 6.48. The second-order valence-corrected chi connectivity index (χ2v) is 6.90. The zero-order chi connectivity index (χ0) is 18.6. The first-order valence-electron chi connectivity index (χ1n) is 8.36. The third-order valence-corrected chi connectivity index (χ3v) is 5.00. The number of carbonyl (C=O) groups is 1. The van der Waals surface area contributed by atoms with Crippen LogP contribution in [-0.4, -0.2) is 22.6 Å². The van der Waals surface area contributed by atoms with E-state index in [1.165, 1.54) is 6.07 Å². The summed E-state index contributed by atoms with van der Waals surface area (Å²) in [5, 5.41) is 13.4. The standard InChI is InChI=1S/C21H16N2O3S/c24-17-9-2-3-10-18(17)26-13-20(25)22-15-7-5-6-14(12-15)21-23-16-8-1-4-11-19(16)27-21/h1-12,24H,13H2,(H,22,25). The number of nitrogens with one attached hydrogen (secondary N) is 1. The molecule has 2 N–H and O–H groups in total. The topological polar surface area (TPSA) is 71.5 Å². The Kier molecular flexibility index (Phi) is 4.72. The second kappa shape index (κ2) is 7.47. The number of ether oxygens (including phenoxy) is 1. The van der Waals surface area contributed by atoms with Crippen molar-refractivity contribution in [3.05, 3.63) is 72.8 Å². The van der Waals surface area contributed by atoms with Crippen LogP contribution in [0.4, 0.5) is 5.69 Å². The molecule has 0 atom stereocenters. The first-order valence-corrected chi connectivity index (χ1v) is 9.17. The number of rotatable bonds is 5. The van der Waals surface area contributed by atoms with Crippen LogP contribution >= 0.6 is 11.3 Å². The SMILES string of the molecule is O=C(COc1ccccc1O)Nc1cccc(-c2nc3ccccc3s2)c1. The summed E-state index contributed by atoms with van der Waals surface area (Å²) in [5.74, 6) is -0.0290. The minimum atomic E-state index is -0.306. The van der Waals surface area contributed by atoms with Gasteiger partial charge in [0.05, 0.1) is 10.2 Å². The molecule has 27 heavy (non-hydrogen) atoms. The number of para-hydroxylation sites is 3. The number of phenolic OH excluding ortho intramolecular Hbond substituents is 1. The predicted molar refractivity (Wildman–Crippen MR) is 107 cm³/mol. The van der Waals surface area contributed by atoms with Crippen LogP contribution in [0.25, 0.3) is 20.8 Å². The van der Waals surface area contributed by atoms with Gasteiger partial charge >= 0.3 is 0 Å².